The lowest BCUT2D eigenvalue weighted by atomic mass is 9.90. The van der Waals surface area contributed by atoms with Crippen LogP contribution < -0.4 is 15.6 Å². The number of aliphatic carboxylic acids is 1. The minimum atomic E-state index is -4.82. The Hall–Kier alpha value is -4.64. The van der Waals surface area contributed by atoms with E-state index in [1.54, 1.807) is 24.3 Å². The molecule has 2 aliphatic rings. The van der Waals surface area contributed by atoms with Gasteiger partial charge in [0.1, 0.15) is 24.2 Å². The van der Waals surface area contributed by atoms with Crippen LogP contribution in [0.3, 0.4) is 0 Å². The predicted octanol–water partition coefficient (Wildman–Crippen LogP) is 7.33. The van der Waals surface area contributed by atoms with Crippen LogP contribution in [-0.2, 0) is 22.4 Å². The van der Waals surface area contributed by atoms with Gasteiger partial charge in [-0.05, 0) is 84.3 Å². The molecule has 1 aliphatic carbocycles. The van der Waals surface area contributed by atoms with Gasteiger partial charge in [0.2, 0.25) is 5.91 Å². The lowest BCUT2D eigenvalue weighted by Gasteiger charge is -2.27. The number of ether oxygens (including phenoxy) is 1. The molecule has 2 N–H and O–H groups in total. The molecule has 4 aromatic rings. The predicted molar refractivity (Wildman–Crippen MR) is 161 cm³/mol. The van der Waals surface area contributed by atoms with E-state index in [0.29, 0.717) is 40.1 Å². The SMILES string of the molecule is Cc1cccc2c1-c1cc(C3CC3)c(F)c(c1)[C@@H](CC(=O)O)NC(=O)[C@H](n1ccc(C(F)(F)F)cc1=O)c1cc(ccc1Cl)CO2. The maximum atomic E-state index is 16.3. The molecule has 0 saturated heterocycles. The van der Waals surface area contributed by atoms with Crippen molar-refractivity contribution in [1.82, 2.24) is 9.88 Å². The van der Waals surface area contributed by atoms with Crippen molar-refractivity contribution in [3.05, 3.63) is 121 Å². The van der Waals surface area contributed by atoms with E-state index in [2.05, 4.69) is 5.32 Å². The topological polar surface area (TPSA) is 97.6 Å². The summed E-state index contributed by atoms with van der Waals surface area (Å²) in [6.07, 6.45) is -3.25. The van der Waals surface area contributed by atoms with Gasteiger partial charge in [-0.3, -0.25) is 19.0 Å². The molecule has 3 aromatic carbocycles. The minimum absolute atomic E-state index is 0.0119. The van der Waals surface area contributed by atoms with Crippen molar-refractivity contribution in [2.75, 3.05) is 0 Å². The van der Waals surface area contributed by atoms with Crippen molar-refractivity contribution in [3.63, 3.8) is 0 Å². The van der Waals surface area contributed by atoms with Crippen molar-refractivity contribution >= 4 is 23.5 Å². The van der Waals surface area contributed by atoms with E-state index in [1.165, 1.54) is 18.2 Å². The van der Waals surface area contributed by atoms with Crippen molar-refractivity contribution in [2.45, 2.75) is 57.0 Å². The van der Waals surface area contributed by atoms with Gasteiger partial charge < -0.3 is 15.2 Å². The van der Waals surface area contributed by atoms with E-state index < -0.39 is 53.5 Å². The van der Waals surface area contributed by atoms with Gasteiger partial charge in [-0.2, -0.15) is 13.2 Å². The number of carboxylic acid groups (broad SMARTS) is 1. The number of halogens is 5. The lowest BCUT2D eigenvalue weighted by molar-refractivity contribution is -0.138. The zero-order chi connectivity index (χ0) is 32.9. The van der Waals surface area contributed by atoms with Crippen LogP contribution in [0.25, 0.3) is 11.1 Å². The first-order chi connectivity index (χ1) is 21.8. The second-order valence-electron chi connectivity index (χ2n) is 11.6. The molecule has 46 heavy (non-hydrogen) atoms. The van der Waals surface area contributed by atoms with Gasteiger partial charge in [0.15, 0.2) is 0 Å². The third-order valence-electron chi connectivity index (χ3n) is 8.29. The molecule has 2 heterocycles. The number of rotatable bonds is 4. The Labute approximate surface area is 265 Å². The van der Waals surface area contributed by atoms with Crippen molar-refractivity contribution < 1.29 is 37.0 Å². The summed E-state index contributed by atoms with van der Waals surface area (Å²) in [6, 6.07) is 11.2. The molecule has 0 radical (unpaired) electrons. The number of hydrogen-bond acceptors (Lipinski definition) is 4. The number of carbonyl (C=O) groups excluding carboxylic acids is 1. The smallest absolute Gasteiger partial charge is 0.416 e. The monoisotopic (exact) mass is 654 g/mol. The standard InChI is InChI=1S/C34H27ClF4N2O5/c1-17-3-2-4-27-30(17)20-12-22(19-6-7-19)31(36)24(13-20)26(15-29(43)44)40-33(45)32(23-11-18(16-46-27)5-8-25(23)35)41-10-9-21(14-28(41)42)34(37,38)39/h2-5,8-14,19,26,32H,6-7,15-16H2,1H3,(H,40,45)(H,43,44)/t26-,32-/m1/s1. The highest BCUT2D eigenvalue weighted by Crippen LogP contribution is 2.46. The first kappa shape index (κ1) is 31.3. The van der Waals surface area contributed by atoms with Gasteiger partial charge in [0.05, 0.1) is 18.0 Å². The molecule has 1 aliphatic heterocycles. The van der Waals surface area contributed by atoms with Crippen LogP contribution in [0, 0.1) is 12.7 Å². The van der Waals surface area contributed by atoms with E-state index in [4.69, 9.17) is 16.3 Å². The number of aryl methyl sites for hydroxylation is 1. The Morgan fingerprint density at radius 3 is 2.46 bits per heavy atom. The van der Waals surface area contributed by atoms with E-state index in [9.17, 15) is 32.7 Å². The van der Waals surface area contributed by atoms with Crippen molar-refractivity contribution in [1.29, 1.82) is 0 Å². The Bertz CT molecular complexity index is 1940. The Morgan fingerprint density at radius 2 is 1.78 bits per heavy atom. The fourth-order valence-corrected chi connectivity index (χ4v) is 6.13. The summed E-state index contributed by atoms with van der Waals surface area (Å²) in [6.45, 7) is 1.86. The quantitative estimate of drug-likeness (QED) is 0.225. The number of carboxylic acids is 1. The second kappa shape index (κ2) is 11.9. The summed E-state index contributed by atoms with van der Waals surface area (Å²) in [7, 11) is 0. The molecular formula is C34H27ClF4N2O5. The Morgan fingerprint density at radius 1 is 1.04 bits per heavy atom. The minimum Gasteiger partial charge on any atom is -0.488 e. The maximum absolute atomic E-state index is 16.3. The molecule has 1 aromatic heterocycles. The average Bonchev–Trinajstić information content (AvgIpc) is 3.83. The molecule has 7 nitrogen and oxygen atoms in total. The summed E-state index contributed by atoms with van der Waals surface area (Å²) >= 11 is 6.54. The highest BCUT2D eigenvalue weighted by Gasteiger charge is 2.36. The van der Waals surface area contributed by atoms with Crippen LogP contribution in [0.15, 0.2) is 71.7 Å². The van der Waals surface area contributed by atoms with Crippen LogP contribution in [-0.4, -0.2) is 21.6 Å². The molecule has 12 heteroatoms. The summed E-state index contributed by atoms with van der Waals surface area (Å²) < 4.78 is 63.5. The zero-order valence-electron chi connectivity index (χ0n) is 24.3. The van der Waals surface area contributed by atoms with Crippen LogP contribution in [0.2, 0.25) is 5.02 Å². The molecular weight excluding hydrogens is 628 g/mol. The summed E-state index contributed by atoms with van der Waals surface area (Å²) in [5.74, 6) is -2.59. The summed E-state index contributed by atoms with van der Waals surface area (Å²) in [5.41, 5.74) is 0.563. The van der Waals surface area contributed by atoms with Crippen LogP contribution >= 0.6 is 11.6 Å². The number of nitrogens with one attached hydrogen (secondary N) is 1. The molecule has 1 fully saturated rings. The summed E-state index contributed by atoms with van der Waals surface area (Å²) in [4.78, 5) is 39.4. The first-order valence-electron chi connectivity index (χ1n) is 14.5. The van der Waals surface area contributed by atoms with Gasteiger partial charge >= 0.3 is 12.1 Å². The van der Waals surface area contributed by atoms with Crippen molar-refractivity contribution in [2.24, 2.45) is 0 Å². The number of amides is 1. The fourth-order valence-electron chi connectivity index (χ4n) is 5.90. The number of fused-ring (bicyclic) bond motifs is 6. The number of carbonyl (C=O) groups is 2. The number of alkyl halides is 3. The van der Waals surface area contributed by atoms with E-state index in [0.717, 1.165) is 29.2 Å². The lowest BCUT2D eigenvalue weighted by Crippen LogP contribution is -2.40. The molecule has 0 spiro atoms. The molecule has 0 unspecified atom stereocenters. The number of hydrogen-bond donors (Lipinski definition) is 2. The average molecular weight is 655 g/mol. The highest BCUT2D eigenvalue weighted by molar-refractivity contribution is 6.31. The molecule has 1 amide bonds. The molecule has 6 rings (SSSR count). The van der Waals surface area contributed by atoms with E-state index >= 15 is 4.39 Å². The fraction of sp³-hybridized carbons (Fsp3) is 0.265. The zero-order valence-corrected chi connectivity index (χ0v) is 25.1. The normalized spacial score (nSPS) is 18.2. The van der Waals surface area contributed by atoms with Crippen molar-refractivity contribution in [3.8, 4) is 16.9 Å². The van der Waals surface area contributed by atoms with Crippen LogP contribution in [0.1, 0.15) is 70.6 Å². The molecule has 2 atom stereocenters. The maximum Gasteiger partial charge on any atom is 0.416 e. The number of nitrogens with zero attached hydrogens (tertiary/aromatic N) is 1. The van der Waals surface area contributed by atoms with E-state index in [1.807, 2.05) is 13.0 Å². The third kappa shape index (κ3) is 6.11. The first-order valence-corrected chi connectivity index (χ1v) is 14.9. The van der Waals surface area contributed by atoms with Gasteiger partial charge in [0, 0.05) is 34.0 Å². The van der Waals surface area contributed by atoms with Gasteiger partial charge in [-0.25, -0.2) is 4.39 Å². The third-order valence-corrected chi connectivity index (χ3v) is 8.64. The van der Waals surface area contributed by atoms with Gasteiger partial charge in [0.25, 0.3) is 5.56 Å². The van der Waals surface area contributed by atoms with Gasteiger partial charge in [-0.1, -0.05) is 29.8 Å². The molecule has 238 valence electrons. The Kier molecular flexibility index (Phi) is 8.14. The number of pyridine rings is 1. The number of benzene rings is 3. The molecule has 4 bridgehead atoms. The van der Waals surface area contributed by atoms with E-state index in [-0.39, 0.29) is 28.7 Å². The molecule has 1 saturated carbocycles. The summed E-state index contributed by atoms with van der Waals surface area (Å²) in [5, 5.41) is 12.5. The van der Waals surface area contributed by atoms with Gasteiger partial charge in [-0.15, -0.1) is 0 Å². The number of aromatic nitrogens is 1. The van der Waals surface area contributed by atoms with Crippen LogP contribution in [0.5, 0.6) is 5.75 Å². The highest BCUT2D eigenvalue weighted by atomic mass is 35.5. The second-order valence-corrected chi connectivity index (χ2v) is 12.0. The largest absolute Gasteiger partial charge is 0.488 e. The van der Waals surface area contributed by atoms with Crippen LogP contribution in [0.4, 0.5) is 17.6 Å². The Balaban J connectivity index is 1.60.